The fourth-order valence-corrected chi connectivity index (χ4v) is 4.06. The third kappa shape index (κ3) is 6.56. The smallest absolute Gasteiger partial charge is 0.271 e. The molecule has 8 heteroatoms. The predicted molar refractivity (Wildman–Crippen MR) is 144 cm³/mol. The number of halogens is 1. The lowest BCUT2D eigenvalue weighted by Gasteiger charge is -2.07. The Balaban J connectivity index is 1.38. The highest BCUT2D eigenvalue weighted by Gasteiger charge is 2.09. The van der Waals surface area contributed by atoms with Crippen LogP contribution in [0.4, 0.5) is 10.8 Å². The molecule has 2 N–H and O–H groups in total. The molecule has 0 aliphatic heterocycles. The summed E-state index contributed by atoms with van der Waals surface area (Å²) >= 11 is 7.59. The Morgan fingerprint density at radius 3 is 2.66 bits per heavy atom. The number of benzene rings is 3. The fraction of sp³-hybridized carbons (Fsp3) is 0.0741. The van der Waals surface area contributed by atoms with Gasteiger partial charge in [0.2, 0.25) is 0 Å². The largest absolute Gasteiger partial charge is 0.489 e. The van der Waals surface area contributed by atoms with E-state index >= 15 is 0 Å². The number of anilines is 2. The van der Waals surface area contributed by atoms with Gasteiger partial charge in [-0.3, -0.25) is 4.79 Å². The summed E-state index contributed by atoms with van der Waals surface area (Å²) in [5.74, 6) is 0.263. The standard InChI is InChI=1S/C27H23ClN4O2S/c1-3-14-34-25-13-10-22(28)15-21(25)16-29-32-26(33)20-8-6-19(7-9-20)24-17-35-27(31-24)30-23-11-4-18(2)5-12-23/h3-13,15-17H,1,14H2,2H3,(H,30,31)(H,32,33)/b29-16-. The maximum Gasteiger partial charge on any atom is 0.271 e. The minimum atomic E-state index is -0.330. The molecule has 0 radical (unpaired) electrons. The van der Waals surface area contributed by atoms with E-state index in [4.69, 9.17) is 16.3 Å². The molecule has 0 atom stereocenters. The van der Waals surface area contributed by atoms with Crippen LogP contribution in [0.3, 0.4) is 0 Å². The fourth-order valence-electron chi connectivity index (χ4n) is 3.14. The van der Waals surface area contributed by atoms with Crippen molar-refractivity contribution in [2.24, 2.45) is 5.10 Å². The Hall–Kier alpha value is -3.94. The van der Waals surface area contributed by atoms with E-state index in [0.29, 0.717) is 28.5 Å². The SMILES string of the molecule is C=CCOc1ccc(Cl)cc1/C=N\NC(=O)c1ccc(-c2csc(Nc3ccc(C)cc3)n2)cc1. The highest BCUT2D eigenvalue weighted by molar-refractivity contribution is 7.14. The molecule has 35 heavy (non-hydrogen) atoms. The van der Waals surface area contributed by atoms with Crippen LogP contribution in [0.15, 0.2) is 89.9 Å². The Morgan fingerprint density at radius 1 is 1.14 bits per heavy atom. The number of aryl methyl sites for hydroxylation is 1. The first-order valence-corrected chi connectivity index (χ1v) is 12.0. The monoisotopic (exact) mass is 502 g/mol. The van der Waals surface area contributed by atoms with Crippen molar-refractivity contribution in [1.29, 1.82) is 0 Å². The van der Waals surface area contributed by atoms with Crippen LogP contribution in [0, 0.1) is 6.92 Å². The van der Waals surface area contributed by atoms with Gasteiger partial charge in [0.05, 0.1) is 11.9 Å². The van der Waals surface area contributed by atoms with E-state index in [9.17, 15) is 4.79 Å². The highest BCUT2D eigenvalue weighted by atomic mass is 35.5. The number of hydrogen-bond acceptors (Lipinski definition) is 6. The van der Waals surface area contributed by atoms with Crippen molar-refractivity contribution >= 4 is 45.9 Å². The first-order valence-electron chi connectivity index (χ1n) is 10.8. The minimum Gasteiger partial charge on any atom is -0.489 e. The van der Waals surface area contributed by atoms with Crippen LogP contribution < -0.4 is 15.5 Å². The van der Waals surface area contributed by atoms with Gasteiger partial charge in [-0.25, -0.2) is 10.4 Å². The van der Waals surface area contributed by atoms with Crippen LogP contribution in [0.2, 0.25) is 5.02 Å². The van der Waals surface area contributed by atoms with E-state index in [1.807, 2.05) is 29.6 Å². The molecule has 3 aromatic carbocycles. The third-order valence-corrected chi connectivity index (χ3v) is 5.94. The van der Waals surface area contributed by atoms with Gasteiger partial charge in [-0.2, -0.15) is 5.10 Å². The van der Waals surface area contributed by atoms with Gasteiger partial charge in [-0.15, -0.1) is 11.3 Å². The van der Waals surface area contributed by atoms with Gasteiger partial charge in [0.15, 0.2) is 5.13 Å². The van der Waals surface area contributed by atoms with Gasteiger partial charge >= 0.3 is 0 Å². The van der Waals surface area contributed by atoms with Crippen molar-refractivity contribution in [2.45, 2.75) is 6.92 Å². The van der Waals surface area contributed by atoms with E-state index in [1.165, 1.54) is 23.1 Å². The van der Waals surface area contributed by atoms with Crippen LogP contribution in [-0.4, -0.2) is 23.7 Å². The maximum absolute atomic E-state index is 12.5. The Kier molecular flexibility index (Phi) is 7.92. The summed E-state index contributed by atoms with van der Waals surface area (Å²) in [6, 6.07) is 20.5. The van der Waals surface area contributed by atoms with Crippen LogP contribution in [0.1, 0.15) is 21.5 Å². The van der Waals surface area contributed by atoms with Crippen molar-refractivity contribution in [1.82, 2.24) is 10.4 Å². The number of hydrazone groups is 1. The van der Waals surface area contributed by atoms with Crippen molar-refractivity contribution in [3.8, 4) is 17.0 Å². The number of nitrogens with one attached hydrogen (secondary N) is 2. The summed E-state index contributed by atoms with van der Waals surface area (Å²) in [5, 5.41) is 10.7. The van der Waals surface area contributed by atoms with Gasteiger partial charge in [0.25, 0.3) is 5.91 Å². The summed E-state index contributed by atoms with van der Waals surface area (Å²) in [6.45, 7) is 6.04. The number of aromatic nitrogens is 1. The molecule has 0 spiro atoms. The Labute approximate surface area is 213 Å². The molecule has 176 valence electrons. The number of rotatable bonds is 9. The van der Waals surface area contributed by atoms with Crippen molar-refractivity contribution in [3.63, 3.8) is 0 Å². The number of carbonyl (C=O) groups is 1. The van der Waals surface area contributed by atoms with E-state index < -0.39 is 0 Å². The first-order chi connectivity index (χ1) is 17.0. The summed E-state index contributed by atoms with van der Waals surface area (Å²) in [7, 11) is 0. The van der Waals surface area contributed by atoms with Gasteiger partial charge in [0, 0.05) is 32.8 Å². The lowest BCUT2D eigenvalue weighted by Crippen LogP contribution is -2.17. The first kappa shape index (κ1) is 24.2. The molecular weight excluding hydrogens is 480 g/mol. The number of carbonyl (C=O) groups excluding carboxylic acids is 1. The molecule has 0 unspecified atom stereocenters. The number of hydrogen-bond donors (Lipinski definition) is 2. The predicted octanol–water partition coefficient (Wildman–Crippen LogP) is 6.84. The van der Waals surface area contributed by atoms with E-state index in [0.717, 1.165) is 22.1 Å². The second-order valence-electron chi connectivity index (χ2n) is 7.59. The molecule has 4 aromatic rings. The van der Waals surface area contributed by atoms with E-state index in [2.05, 4.69) is 46.5 Å². The van der Waals surface area contributed by atoms with Gasteiger partial charge in [-0.05, 0) is 49.4 Å². The van der Waals surface area contributed by atoms with Crippen molar-refractivity contribution in [3.05, 3.63) is 106 Å². The molecule has 0 fully saturated rings. The minimum absolute atomic E-state index is 0.330. The highest BCUT2D eigenvalue weighted by Crippen LogP contribution is 2.27. The van der Waals surface area contributed by atoms with Crippen molar-refractivity contribution < 1.29 is 9.53 Å². The molecule has 0 bridgehead atoms. The van der Waals surface area contributed by atoms with Gasteiger partial charge in [0.1, 0.15) is 12.4 Å². The molecule has 1 amide bonds. The lowest BCUT2D eigenvalue weighted by atomic mass is 10.1. The number of amides is 1. The molecule has 4 rings (SSSR count). The Morgan fingerprint density at radius 2 is 1.91 bits per heavy atom. The second-order valence-corrected chi connectivity index (χ2v) is 8.88. The molecular formula is C27H23ClN4O2S. The van der Waals surface area contributed by atoms with Gasteiger partial charge in [-0.1, -0.05) is 54.1 Å². The summed E-state index contributed by atoms with van der Waals surface area (Å²) in [5.41, 5.74) is 7.61. The molecule has 0 aliphatic carbocycles. The van der Waals surface area contributed by atoms with Crippen LogP contribution in [0.25, 0.3) is 11.3 Å². The van der Waals surface area contributed by atoms with Crippen LogP contribution in [0.5, 0.6) is 5.75 Å². The van der Waals surface area contributed by atoms with Crippen LogP contribution in [-0.2, 0) is 0 Å². The topological polar surface area (TPSA) is 75.6 Å². The average Bonchev–Trinajstić information content (AvgIpc) is 3.33. The molecule has 6 nitrogen and oxygen atoms in total. The molecule has 0 saturated carbocycles. The molecule has 0 aliphatic rings. The normalized spacial score (nSPS) is 10.8. The second kappa shape index (κ2) is 11.5. The maximum atomic E-state index is 12.5. The number of thiazole rings is 1. The molecule has 1 aromatic heterocycles. The summed E-state index contributed by atoms with van der Waals surface area (Å²) in [6.07, 6.45) is 3.14. The van der Waals surface area contributed by atoms with Crippen molar-refractivity contribution in [2.75, 3.05) is 11.9 Å². The third-order valence-electron chi connectivity index (χ3n) is 4.95. The van der Waals surface area contributed by atoms with Crippen LogP contribution >= 0.6 is 22.9 Å². The van der Waals surface area contributed by atoms with E-state index in [1.54, 1.807) is 36.4 Å². The molecule has 1 heterocycles. The Bertz CT molecular complexity index is 1350. The number of nitrogens with zero attached hydrogens (tertiary/aromatic N) is 2. The zero-order chi connectivity index (χ0) is 24.6. The zero-order valence-corrected chi connectivity index (χ0v) is 20.6. The summed E-state index contributed by atoms with van der Waals surface area (Å²) in [4.78, 5) is 17.2. The van der Waals surface area contributed by atoms with E-state index in [-0.39, 0.29) is 5.91 Å². The quantitative estimate of drug-likeness (QED) is 0.149. The summed E-state index contributed by atoms with van der Waals surface area (Å²) < 4.78 is 5.59. The molecule has 0 saturated heterocycles. The average molecular weight is 503 g/mol. The lowest BCUT2D eigenvalue weighted by molar-refractivity contribution is 0.0955. The zero-order valence-electron chi connectivity index (χ0n) is 19.0. The number of ether oxygens (including phenoxy) is 1. The van der Waals surface area contributed by atoms with Gasteiger partial charge < -0.3 is 10.1 Å².